The Hall–Kier alpha value is -3.10. The Morgan fingerprint density at radius 1 is 1.06 bits per heavy atom. The topological polar surface area (TPSA) is 78.4 Å². The smallest absolute Gasteiger partial charge is 0.331 e. The SMILES string of the molecule is Cn1c(=O)c2c(-c3ccccc3Br)n3c(c2n(C)c1=O)[C@@H](c1cccc(O)c1)OCC3. The fourth-order valence-electron chi connectivity index (χ4n) is 4.45. The Labute approximate surface area is 185 Å². The van der Waals surface area contributed by atoms with Crippen LogP contribution in [0.1, 0.15) is 17.4 Å². The maximum Gasteiger partial charge on any atom is 0.331 e. The van der Waals surface area contributed by atoms with Gasteiger partial charge in [-0.05, 0) is 23.8 Å². The Morgan fingerprint density at radius 3 is 2.58 bits per heavy atom. The zero-order chi connectivity index (χ0) is 21.9. The van der Waals surface area contributed by atoms with Gasteiger partial charge in [0, 0.05) is 30.7 Å². The van der Waals surface area contributed by atoms with Crippen molar-refractivity contribution >= 4 is 26.8 Å². The third kappa shape index (κ3) is 2.90. The third-order valence-electron chi connectivity index (χ3n) is 5.85. The standard InChI is InChI=1S/C23H20BrN3O4/c1-25-19-17(22(29)26(2)23(25)30)18(15-8-3-4-9-16(15)24)27-10-11-31-21(20(19)27)13-6-5-7-14(28)12-13/h3-9,12,21,28H,10-11H2,1-2H3/t21-/m1/s1. The monoisotopic (exact) mass is 481 g/mol. The van der Waals surface area contributed by atoms with Crippen molar-refractivity contribution in [2.75, 3.05) is 6.61 Å². The van der Waals surface area contributed by atoms with Gasteiger partial charge in [0.15, 0.2) is 0 Å². The van der Waals surface area contributed by atoms with Gasteiger partial charge in [-0.15, -0.1) is 0 Å². The number of phenolic OH excluding ortho intramolecular Hbond substituents is 1. The average molecular weight is 482 g/mol. The second-order valence-corrected chi connectivity index (χ2v) is 8.49. The molecule has 0 spiro atoms. The molecule has 5 rings (SSSR count). The maximum absolute atomic E-state index is 13.4. The normalized spacial score (nSPS) is 15.9. The summed E-state index contributed by atoms with van der Waals surface area (Å²) in [7, 11) is 3.16. The van der Waals surface area contributed by atoms with Crippen LogP contribution in [0.15, 0.2) is 62.6 Å². The van der Waals surface area contributed by atoms with Crippen LogP contribution in [0.5, 0.6) is 5.75 Å². The number of aromatic hydroxyl groups is 1. The van der Waals surface area contributed by atoms with E-state index in [0.717, 1.165) is 31.6 Å². The Kier molecular flexibility index (Phi) is 4.64. The number of hydrogen-bond acceptors (Lipinski definition) is 4. The minimum Gasteiger partial charge on any atom is -0.508 e. The molecule has 1 atom stereocenters. The van der Waals surface area contributed by atoms with E-state index < -0.39 is 11.8 Å². The van der Waals surface area contributed by atoms with Crippen molar-refractivity contribution in [3.63, 3.8) is 0 Å². The molecule has 7 nitrogen and oxygen atoms in total. The molecule has 2 aromatic carbocycles. The zero-order valence-electron chi connectivity index (χ0n) is 17.0. The van der Waals surface area contributed by atoms with Crippen LogP contribution in [-0.2, 0) is 25.4 Å². The molecule has 2 aromatic heterocycles. The molecule has 1 N–H and O–H groups in total. The molecular formula is C23H20BrN3O4. The number of aryl methyl sites for hydroxylation is 1. The summed E-state index contributed by atoms with van der Waals surface area (Å²) in [6.07, 6.45) is -0.530. The van der Waals surface area contributed by atoms with Gasteiger partial charge >= 0.3 is 5.69 Å². The molecule has 0 amide bonds. The quantitative estimate of drug-likeness (QED) is 0.476. The molecule has 0 unspecified atom stereocenters. The van der Waals surface area contributed by atoms with Crippen molar-refractivity contribution < 1.29 is 9.84 Å². The van der Waals surface area contributed by atoms with Crippen molar-refractivity contribution in [3.05, 3.63) is 85.1 Å². The fraction of sp³-hybridized carbons (Fsp3) is 0.217. The summed E-state index contributed by atoms with van der Waals surface area (Å²) in [5, 5.41) is 10.5. The van der Waals surface area contributed by atoms with Gasteiger partial charge in [-0.25, -0.2) is 4.79 Å². The molecule has 31 heavy (non-hydrogen) atoms. The number of nitrogens with zero attached hydrogens (tertiary/aromatic N) is 3. The molecule has 1 aliphatic rings. The minimum absolute atomic E-state index is 0.130. The van der Waals surface area contributed by atoms with E-state index in [0.29, 0.717) is 24.1 Å². The molecule has 0 radical (unpaired) electrons. The van der Waals surface area contributed by atoms with Crippen LogP contribution in [0.25, 0.3) is 22.2 Å². The van der Waals surface area contributed by atoms with E-state index in [1.165, 1.54) is 11.6 Å². The molecule has 3 heterocycles. The molecule has 8 heteroatoms. The van der Waals surface area contributed by atoms with Gasteiger partial charge in [0.25, 0.3) is 5.56 Å². The lowest BCUT2D eigenvalue weighted by atomic mass is 10.0. The summed E-state index contributed by atoms with van der Waals surface area (Å²) in [4.78, 5) is 26.2. The van der Waals surface area contributed by atoms with Crippen LogP contribution >= 0.6 is 15.9 Å². The van der Waals surface area contributed by atoms with Crippen molar-refractivity contribution in [1.29, 1.82) is 0 Å². The van der Waals surface area contributed by atoms with Gasteiger partial charge < -0.3 is 14.4 Å². The number of ether oxygens (including phenoxy) is 1. The van der Waals surface area contributed by atoms with E-state index in [-0.39, 0.29) is 11.3 Å². The predicted molar refractivity (Wildman–Crippen MR) is 121 cm³/mol. The first-order chi connectivity index (χ1) is 14.9. The summed E-state index contributed by atoms with van der Waals surface area (Å²) in [5.74, 6) is 0.130. The van der Waals surface area contributed by atoms with Gasteiger partial charge in [0.1, 0.15) is 11.9 Å². The molecule has 0 aliphatic carbocycles. The largest absolute Gasteiger partial charge is 0.508 e. The van der Waals surface area contributed by atoms with Gasteiger partial charge in [-0.3, -0.25) is 13.9 Å². The number of benzene rings is 2. The number of hydrogen-bond donors (Lipinski definition) is 1. The first-order valence-electron chi connectivity index (χ1n) is 9.87. The van der Waals surface area contributed by atoms with Crippen molar-refractivity contribution in [3.8, 4) is 17.0 Å². The lowest BCUT2D eigenvalue weighted by Crippen LogP contribution is -2.37. The summed E-state index contributed by atoms with van der Waals surface area (Å²) < 4.78 is 11.7. The summed E-state index contributed by atoms with van der Waals surface area (Å²) in [5.41, 5.74) is 2.91. The highest BCUT2D eigenvalue weighted by Crippen LogP contribution is 2.42. The molecule has 0 fully saturated rings. The number of rotatable bonds is 2. The highest BCUT2D eigenvalue weighted by Gasteiger charge is 2.33. The minimum atomic E-state index is -0.530. The number of aromatic nitrogens is 3. The van der Waals surface area contributed by atoms with E-state index in [9.17, 15) is 14.7 Å². The number of phenols is 1. The van der Waals surface area contributed by atoms with Crippen LogP contribution in [0, 0.1) is 0 Å². The van der Waals surface area contributed by atoms with E-state index in [2.05, 4.69) is 20.5 Å². The van der Waals surface area contributed by atoms with Crippen molar-refractivity contribution in [2.45, 2.75) is 12.6 Å². The molecule has 158 valence electrons. The van der Waals surface area contributed by atoms with Crippen LogP contribution < -0.4 is 11.2 Å². The molecule has 0 saturated carbocycles. The van der Waals surface area contributed by atoms with Crippen LogP contribution in [0.3, 0.4) is 0 Å². The first-order valence-corrected chi connectivity index (χ1v) is 10.7. The summed E-state index contributed by atoms with van der Waals surface area (Å²) in [6.45, 7) is 0.966. The molecular weight excluding hydrogens is 462 g/mol. The van der Waals surface area contributed by atoms with E-state index in [1.54, 1.807) is 25.2 Å². The Bertz CT molecular complexity index is 1460. The number of fused-ring (bicyclic) bond motifs is 3. The molecule has 1 aliphatic heterocycles. The molecule has 0 bridgehead atoms. The van der Waals surface area contributed by atoms with E-state index in [4.69, 9.17) is 4.74 Å². The van der Waals surface area contributed by atoms with Crippen LogP contribution in [0.2, 0.25) is 0 Å². The fourth-order valence-corrected chi connectivity index (χ4v) is 4.93. The zero-order valence-corrected chi connectivity index (χ0v) is 18.6. The Balaban J connectivity index is 1.98. The lowest BCUT2D eigenvalue weighted by Gasteiger charge is -2.28. The molecule has 4 aromatic rings. The van der Waals surface area contributed by atoms with Gasteiger partial charge in [-0.2, -0.15) is 0 Å². The van der Waals surface area contributed by atoms with E-state index in [1.807, 2.05) is 30.3 Å². The first kappa shape index (κ1) is 19.8. The van der Waals surface area contributed by atoms with Crippen LogP contribution in [-0.4, -0.2) is 25.4 Å². The highest BCUT2D eigenvalue weighted by molar-refractivity contribution is 9.10. The second kappa shape index (κ2) is 7.25. The van der Waals surface area contributed by atoms with Crippen molar-refractivity contribution in [2.24, 2.45) is 14.1 Å². The highest BCUT2D eigenvalue weighted by atomic mass is 79.9. The second-order valence-electron chi connectivity index (χ2n) is 7.64. The number of halogens is 1. The van der Waals surface area contributed by atoms with Crippen LogP contribution in [0.4, 0.5) is 0 Å². The van der Waals surface area contributed by atoms with Gasteiger partial charge in [0.2, 0.25) is 0 Å². The van der Waals surface area contributed by atoms with E-state index >= 15 is 0 Å². The summed E-state index contributed by atoms with van der Waals surface area (Å²) >= 11 is 3.62. The third-order valence-corrected chi connectivity index (χ3v) is 6.55. The Morgan fingerprint density at radius 2 is 1.84 bits per heavy atom. The predicted octanol–water partition coefficient (Wildman–Crippen LogP) is 3.29. The lowest BCUT2D eigenvalue weighted by molar-refractivity contribution is 0.0477. The van der Waals surface area contributed by atoms with Gasteiger partial charge in [-0.1, -0.05) is 46.3 Å². The van der Waals surface area contributed by atoms with Crippen molar-refractivity contribution in [1.82, 2.24) is 13.7 Å². The molecule has 0 saturated heterocycles. The average Bonchev–Trinajstić information content (AvgIpc) is 3.12. The van der Waals surface area contributed by atoms with Gasteiger partial charge in [0.05, 0.1) is 28.9 Å². The maximum atomic E-state index is 13.4. The summed E-state index contributed by atoms with van der Waals surface area (Å²) in [6, 6.07) is 14.6.